The molecular formula is C11H12FNO. The first-order chi connectivity index (χ1) is 6.84. The molecule has 0 saturated heterocycles. The summed E-state index contributed by atoms with van der Waals surface area (Å²) in [6.45, 7) is 0.778. The number of hydrogen-bond acceptors (Lipinski definition) is 2. The summed E-state index contributed by atoms with van der Waals surface area (Å²) in [6, 6.07) is 8.55. The highest BCUT2D eigenvalue weighted by Gasteiger charge is 1.99. The van der Waals surface area contributed by atoms with E-state index < -0.39 is 0 Å². The molecular weight excluding hydrogens is 181 g/mol. The molecule has 0 atom stereocenters. The zero-order valence-electron chi connectivity index (χ0n) is 7.87. The van der Waals surface area contributed by atoms with Gasteiger partial charge in [-0.05, 0) is 12.5 Å². The lowest BCUT2D eigenvalue weighted by atomic mass is 10.2. The van der Waals surface area contributed by atoms with Crippen LogP contribution in [0.3, 0.4) is 0 Å². The lowest BCUT2D eigenvalue weighted by Crippen LogP contribution is -1.97. The largest absolute Gasteiger partial charge is 0.377 e. The van der Waals surface area contributed by atoms with E-state index in [1.807, 2.05) is 6.07 Å². The monoisotopic (exact) mass is 193 g/mol. The number of nitriles is 1. The smallest absolute Gasteiger partial charge is 0.128 e. The molecule has 0 N–H and O–H groups in total. The second-order valence-electron chi connectivity index (χ2n) is 2.91. The molecule has 0 saturated carbocycles. The van der Waals surface area contributed by atoms with Gasteiger partial charge in [-0.2, -0.15) is 5.26 Å². The molecule has 0 aliphatic rings. The van der Waals surface area contributed by atoms with Gasteiger partial charge in [-0.3, -0.25) is 0 Å². The van der Waals surface area contributed by atoms with Gasteiger partial charge in [-0.25, -0.2) is 4.39 Å². The van der Waals surface area contributed by atoms with Crippen LogP contribution in [0.15, 0.2) is 24.3 Å². The molecule has 0 radical (unpaired) electrons. The molecule has 0 unspecified atom stereocenters. The van der Waals surface area contributed by atoms with Crippen LogP contribution in [0.25, 0.3) is 0 Å². The van der Waals surface area contributed by atoms with E-state index in [-0.39, 0.29) is 12.4 Å². The number of unbranched alkanes of at least 4 members (excludes halogenated alkanes) is 1. The quantitative estimate of drug-likeness (QED) is 0.673. The molecule has 1 rings (SSSR count). The molecule has 0 aliphatic heterocycles. The molecule has 0 aliphatic carbocycles. The van der Waals surface area contributed by atoms with Crippen molar-refractivity contribution in [3.8, 4) is 6.07 Å². The van der Waals surface area contributed by atoms with E-state index in [1.54, 1.807) is 18.2 Å². The Labute approximate surface area is 82.9 Å². The average Bonchev–Trinajstić information content (AvgIpc) is 2.20. The Morgan fingerprint density at radius 3 is 2.86 bits per heavy atom. The van der Waals surface area contributed by atoms with Gasteiger partial charge in [0, 0.05) is 18.6 Å². The van der Waals surface area contributed by atoms with Gasteiger partial charge in [0.2, 0.25) is 0 Å². The van der Waals surface area contributed by atoms with Crippen molar-refractivity contribution < 1.29 is 9.13 Å². The third-order valence-electron chi connectivity index (χ3n) is 1.79. The molecule has 3 heteroatoms. The van der Waals surface area contributed by atoms with Crippen LogP contribution in [0.5, 0.6) is 0 Å². The Hall–Kier alpha value is -1.40. The number of nitrogens with zero attached hydrogens (tertiary/aromatic N) is 1. The Balaban J connectivity index is 2.25. The average molecular weight is 193 g/mol. The van der Waals surface area contributed by atoms with Crippen molar-refractivity contribution in [3.05, 3.63) is 35.6 Å². The molecule has 0 fully saturated rings. The van der Waals surface area contributed by atoms with E-state index in [9.17, 15) is 4.39 Å². The summed E-state index contributed by atoms with van der Waals surface area (Å²) in [4.78, 5) is 0. The highest BCUT2D eigenvalue weighted by molar-refractivity contribution is 5.16. The minimum Gasteiger partial charge on any atom is -0.377 e. The highest BCUT2D eigenvalue weighted by atomic mass is 19.1. The summed E-state index contributed by atoms with van der Waals surface area (Å²) in [5.74, 6) is -0.243. The van der Waals surface area contributed by atoms with E-state index in [2.05, 4.69) is 0 Å². The van der Waals surface area contributed by atoms with Crippen LogP contribution < -0.4 is 0 Å². The standard InChI is InChI=1S/C11H12FNO/c12-11-6-2-1-5-10(11)9-14-8-4-3-7-13/h1-2,5-6H,3-4,8-9H2. The Bertz CT molecular complexity index is 319. The Morgan fingerprint density at radius 1 is 1.36 bits per heavy atom. The number of benzene rings is 1. The third-order valence-corrected chi connectivity index (χ3v) is 1.79. The van der Waals surface area contributed by atoms with Gasteiger partial charge in [0.05, 0.1) is 12.7 Å². The number of rotatable bonds is 5. The van der Waals surface area contributed by atoms with Gasteiger partial charge in [0.1, 0.15) is 5.82 Å². The highest BCUT2D eigenvalue weighted by Crippen LogP contribution is 2.07. The number of hydrogen-bond donors (Lipinski definition) is 0. The van der Waals surface area contributed by atoms with E-state index in [0.29, 0.717) is 25.0 Å². The topological polar surface area (TPSA) is 33.0 Å². The molecule has 0 heterocycles. The lowest BCUT2D eigenvalue weighted by Gasteiger charge is -2.03. The van der Waals surface area contributed by atoms with Crippen molar-refractivity contribution in [3.63, 3.8) is 0 Å². The van der Waals surface area contributed by atoms with Gasteiger partial charge >= 0.3 is 0 Å². The number of halogens is 1. The first-order valence-electron chi connectivity index (χ1n) is 4.52. The van der Waals surface area contributed by atoms with Crippen molar-refractivity contribution in [2.75, 3.05) is 6.61 Å². The summed E-state index contributed by atoms with van der Waals surface area (Å²) in [6.07, 6.45) is 1.18. The van der Waals surface area contributed by atoms with Crippen LogP contribution in [-0.2, 0) is 11.3 Å². The van der Waals surface area contributed by atoms with Crippen LogP contribution >= 0.6 is 0 Å². The van der Waals surface area contributed by atoms with Crippen LogP contribution in [0.1, 0.15) is 18.4 Å². The SMILES string of the molecule is N#CCCCOCc1ccccc1F. The van der Waals surface area contributed by atoms with E-state index in [1.165, 1.54) is 6.07 Å². The first kappa shape index (κ1) is 10.7. The fourth-order valence-electron chi connectivity index (χ4n) is 1.05. The second-order valence-corrected chi connectivity index (χ2v) is 2.91. The minimum absolute atomic E-state index is 0.243. The van der Waals surface area contributed by atoms with Crippen molar-refractivity contribution in [1.29, 1.82) is 5.26 Å². The molecule has 0 aromatic heterocycles. The minimum atomic E-state index is -0.243. The van der Waals surface area contributed by atoms with Crippen molar-refractivity contribution in [1.82, 2.24) is 0 Å². The van der Waals surface area contributed by atoms with E-state index in [0.717, 1.165) is 0 Å². The van der Waals surface area contributed by atoms with E-state index >= 15 is 0 Å². The van der Waals surface area contributed by atoms with Gasteiger partial charge in [-0.1, -0.05) is 18.2 Å². The molecule has 14 heavy (non-hydrogen) atoms. The van der Waals surface area contributed by atoms with E-state index in [4.69, 9.17) is 10.00 Å². The van der Waals surface area contributed by atoms with Crippen LogP contribution in [-0.4, -0.2) is 6.61 Å². The zero-order chi connectivity index (χ0) is 10.2. The number of ether oxygens (including phenoxy) is 1. The zero-order valence-corrected chi connectivity index (χ0v) is 7.87. The van der Waals surface area contributed by atoms with Crippen LogP contribution in [0, 0.1) is 17.1 Å². The lowest BCUT2D eigenvalue weighted by molar-refractivity contribution is 0.117. The maximum absolute atomic E-state index is 13.0. The molecule has 0 spiro atoms. The Kier molecular flexibility index (Phi) is 4.66. The third kappa shape index (κ3) is 3.55. The van der Waals surface area contributed by atoms with Gasteiger partial charge in [0.25, 0.3) is 0 Å². The summed E-state index contributed by atoms with van der Waals surface area (Å²) >= 11 is 0. The van der Waals surface area contributed by atoms with Crippen molar-refractivity contribution in [2.24, 2.45) is 0 Å². The fourth-order valence-corrected chi connectivity index (χ4v) is 1.05. The summed E-state index contributed by atoms with van der Waals surface area (Å²) in [5, 5.41) is 8.26. The van der Waals surface area contributed by atoms with Crippen LogP contribution in [0.2, 0.25) is 0 Å². The van der Waals surface area contributed by atoms with Gasteiger partial charge in [-0.15, -0.1) is 0 Å². The molecule has 1 aromatic rings. The second kappa shape index (κ2) is 6.11. The fraction of sp³-hybridized carbons (Fsp3) is 0.364. The molecule has 74 valence electrons. The van der Waals surface area contributed by atoms with Gasteiger partial charge in [0.15, 0.2) is 0 Å². The molecule has 0 bridgehead atoms. The van der Waals surface area contributed by atoms with Gasteiger partial charge < -0.3 is 4.74 Å². The maximum atomic E-state index is 13.0. The summed E-state index contributed by atoms with van der Waals surface area (Å²) in [7, 11) is 0. The summed E-state index contributed by atoms with van der Waals surface area (Å²) in [5.41, 5.74) is 0.560. The molecule has 0 amide bonds. The molecule has 1 aromatic carbocycles. The predicted molar refractivity (Wildman–Crippen MR) is 50.9 cm³/mol. The normalized spacial score (nSPS) is 9.71. The van der Waals surface area contributed by atoms with Crippen molar-refractivity contribution in [2.45, 2.75) is 19.4 Å². The Morgan fingerprint density at radius 2 is 2.14 bits per heavy atom. The molecule has 2 nitrogen and oxygen atoms in total. The maximum Gasteiger partial charge on any atom is 0.128 e. The predicted octanol–water partition coefficient (Wildman–Crippen LogP) is 2.65. The first-order valence-corrected chi connectivity index (χ1v) is 4.52. The van der Waals surface area contributed by atoms with Crippen LogP contribution in [0.4, 0.5) is 4.39 Å². The van der Waals surface area contributed by atoms with Crippen molar-refractivity contribution >= 4 is 0 Å². The summed E-state index contributed by atoms with van der Waals surface area (Å²) < 4.78 is 18.2.